The molecule has 2 rings (SSSR count). The van der Waals surface area contributed by atoms with E-state index in [0.717, 1.165) is 12.0 Å². The molecule has 0 aliphatic heterocycles. The Kier molecular flexibility index (Phi) is 6.76. The van der Waals surface area contributed by atoms with Crippen molar-refractivity contribution in [2.75, 3.05) is 13.2 Å². The third-order valence-electron chi connectivity index (χ3n) is 3.05. The van der Waals surface area contributed by atoms with Gasteiger partial charge in [-0.1, -0.05) is 6.92 Å². The molecule has 1 aromatic carbocycles. The molecule has 0 aliphatic rings. The largest absolute Gasteiger partial charge is 0.490 e. The molecule has 0 unspecified atom stereocenters. The van der Waals surface area contributed by atoms with E-state index in [1.165, 1.54) is 0 Å². The van der Waals surface area contributed by atoms with Crippen LogP contribution in [0.25, 0.3) is 0 Å². The highest BCUT2D eigenvalue weighted by atomic mass is 16.5. The average molecular weight is 327 g/mol. The van der Waals surface area contributed by atoms with Gasteiger partial charge in [-0.2, -0.15) is 5.10 Å². The van der Waals surface area contributed by atoms with Gasteiger partial charge in [0.05, 0.1) is 19.4 Å². The first kappa shape index (κ1) is 17.5. The maximum absolute atomic E-state index is 11.9. The van der Waals surface area contributed by atoms with Crippen LogP contribution in [0.2, 0.25) is 0 Å². The number of amides is 1. The van der Waals surface area contributed by atoms with Crippen LogP contribution in [-0.2, 0) is 0 Å². The number of ether oxygens (including phenoxy) is 2. The summed E-state index contributed by atoms with van der Waals surface area (Å²) in [6.45, 7) is 5.14. The van der Waals surface area contributed by atoms with Gasteiger partial charge in [-0.3, -0.25) is 9.78 Å². The smallest absolute Gasteiger partial charge is 0.271 e. The molecule has 0 saturated heterocycles. The number of carbonyl (C=O) groups excluding carboxylic acids is 1. The molecular weight excluding hydrogens is 306 g/mol. The summed E-state index contributed by atoms with van der Waals surface area (Å²) < 4.78 is 11.2. The SMILES string of the molecule is CCCOc1ccc(/C=N\NC(=O)c2ccncc2)cc1OCC. The molecule has 1 amide bonds. The lowest BCUT2D eigenvalue weighted by Gasteiger charge is -2.11. The lowest BCUT2D eigenvalue weighted by atomic mass is 10.2. The van der Waals surface area contributed by atoms with Crippen LogP contribution in [0.15, 0.2) is 47.8 Å². The van der Waals surface area contributed by atoms with Crippen LogP contribution in [-0.4, -0.2) is 30.3 Å². The van der Waals surface area contributed by atoms with Gasteiger partial charge in [-0.25, -0.2) is 5.43 Å². The highest BCUT2D eigenvalue weighted by Crippen LogP contribution is 2.28. The van der Waals surface area contributed by atoms with Crippen LogP contribution in [0.1, 0.15) is 36.2 Å². The van der Waals surface area contributed by atoms with Crippen LogP contribution in [0.4, 0.5) is 0 Å². The lowest BCUT2D eigenvalue weighted by Crippen LogP contribution is -2.17. The number of benzene rings is 1. The first-order valence-electron chi connectivity index (χ1n) is 7.87. The zero-order valence-electron chi connectivity index (χ0n) is 13.9. The normalized spacial score (nSPS) is 10.6. The van der Waals surface area contributed by atoms with E-state index in [-0.39, 0.29) is 5.91 Å². The fraction of sp³-hybridized carbons (Fsp3) is 0.278. The Hall–Kier alpha value is -2.89. The summed E-state index contributed by atoms with van der Waals surface area (Å²) >= 11 is 0. The molecule has 1 heterocycles. The summed E-state index contributed by atoms with van der Waals surface area (Å²) in [6, 6.07) is 8.77. The fourth-order valence-corrected chi connectivity index (χ4v) is 1.94. The van der Waals surface area contributed by atoms with Crippen molar-refractivity contribution in [3.05, 3.63) is 53.9 Å². The third-order valence-corrected chi connectivity index (χ3v) is 3.05. The van der Waals surface area contributed by atoms with Crippen molar-refractivity contribution >= 4 is 12.1 Å². The fourth-order valence-electron chi connectivity index (χ4n) is 1.94. The zero-order valence-corrected chi connectivity index (χ0v) is 13.9. The first-order valence-corrected chi connectivity index (χ1v) is 7.87. The highest BCUT2D eigenvalue weighted by molar-refractivity contribution is 5.94. The summed E-state index contributed by atoms with van der Waals surface area (Å²) in [6.07, 6.45) is 5.60. The number of nitrogens with one attached hydrogen (secondary N) is 1. The standard InChI is InChI=1S/C18H21N3O3/c1-3-11-24-16-6-5-14(12-17(16)23-4-2)13-20-21-18(22)15-7-9-19-10-8-15/h5-10,12-13H,3-4,11H2,1-2H3,(H,21,22)/b20-13-. The number of hydrazone groups is 1. The summed E-state index contributed by atoms with van der Waals surface area (Å²) in [5, 5.41) is 3.97. The van der Waals surface area contributed by atoms with Crippen LogP contribution < -0.4 is 14.9 Å². The Balaban J connectivity index is 2.03. The maximum atomic E-state index is 11.9. The molecule has 0 saturated carbocycles. The van der Waals surface area contributed by atoms with Crippen molar-refractivity contribution in [3.63, 3.8) is 0 Å². The van der Waals surface area contributed by atoms with E-state index in [1.807, 2.05) is 32.0 Å². The van der Waals surface area contributed by atoms with Gasteiger partial charge < -0.3 is 9.47 Å². The molecule has 0 spiro atoms. The van der Waals surface area contributed by atoms with Crippen molar-refractivity contribution in [2.24, 2.45) is 5.10 Å². The molecule has 0 atom stereocenters. The molecule has 126 valence electrons. The van der Waals surface area contributed by atoms with Crippen molar-refractivity contribution in [1.29, 1.82) is 0 Å². The summed E-state index contributed by atoms with van der Waals surface area (Å²) in [7, 11) is 0. The van der Waals surface area contributed by atoms with Gasteiger partial charge in [0.25, 0.3) is 5.91 Å². The minimum Gasteiger partial charge on any atom is -0.490 e. The number of rotatable bonds is 8. The predicted octanol–water partition coefficient (Wildman–Crippen LogP) is 3.03. The minimum atomic E-state index is -0.290. The predicted molar refractivity (Wildman–Crippen MR) is 92.7 cm³/mol. The Bertz CT molecular complexity index is 687. The van der Waals surface area contributed by atoms with Crippen LogP contribution in [0.5, 0.6) is 11.5 Å². The molecular formula is C18H21N3O3. The molecule has 1 N–H and O–H groups in total. The van der Waals surface area contributed by atoms with Gasteiger partial charge >= 0.3 is 0 Å². The van der Waals surface area contributed by atoms with Gasteiger partial charge in [-0.05, 0) is 49.2 Å². The number of nitrogens with zero attached hydrogens (tertiary/aromatic N) is 2. The highest BCUT2D eigenvalue weighted by Gasteiger charge is 2.06. The Morgan fingerprint density at radius 3 is 2.67 bits per heavy atom. The van der Waals surface area contributed by atoms with E-state index in [0.29, 0.717) is 30.3 Å². The molecule has 6 nitrogen and oxygen atoms in total. The van der Waals surface area contributed by atoms with Crippen LogP contribution >= 0.6 is 0 Å². The Labute approximate surface area is 141 Å². The average Bonchev–Trinajstić information content (AvgIpc) is 2.62. The summed E-state index contributed by atoms with van der Waals surface area (Å²) in [4.78, 5) is 15.7. The topological polar surface area (TPSA) is 72.8 Å². The Morgan fingerprint density at radius 1 is 1.17 bits per heavy atom. The van der Waals surface area contributed by atoms with Crippen molar-refractivity contribution in [3.8, 4) is 11.5 Å². The van der Waals surface area contributed by atoms with Gasteiger partial charge in [0, 0.05) is 18.0 Å². The van der Waals surface area contributed by atoms with Gasteiger partial charge in [0.1, 0.15) is 0 Å². The van der Waals surface area contributed by atoms with Gasteiger partial charge in [-0.15, -0.1) is 0 Å². The quantitative estimate of drug-likeness (QED) is 0.597. The molecule has 1 aromatic heterocycles. The number of aromatic nitrogens is 1. The molecule has 6 heteroatoms. The number of hydrogen-bond donors (Lipinski definition) is 1. The molecule has 0 aliphatic carbocycles. The third kappa shape index (κ3) is 5.08. The van der Waals surface area contributed by atoms with Gasteiger partial charge in [0.15, 0.2) is 11.5 Å². The van der Waals surface area contributed by atoms with Crippen LogP contribution in [0.3, 0.4) is 0 Å². The maximum Gasteiger partial charge on any atom is 0.271 e. The van der Waals surface area contributed by atoms with E-state index >= 15 is 0 Å². The van der Waals surface area contributed by atoms with Crippen molar-refractivity contribution in [1.82, 2.24) is 10.4 Å². The summed E-state index contributed by atoms with van der Waals surface area (Å²) in [5.74, 6) is 1.08. The van der Waals surface area contributed by atoms with Gasteiger partial charge in [0.2, 0.25) is 0 Å². The number of carbonyl (C=O) groups is 1. The first-order chi connectivity index (χ1) is 11.7. The molecule has 0 bridgehead atoms. The molecule has 0 radical (unpaired) electrons. The molecule has 0 fully saturated rings. The van der Waals surface area contributed by atoms with E-state index in [4.69, 9.17) is 9.47 Å². The van der Waals surface area contributed by atoms with E-state index in [9.17, 15) is 4.79 Å². The van der Waals surface area contributed by atoms with Crippen LogP contribution in [0, 0.1) is 0 Å². The van der Waals surface area contributed by atoms with E-state index in [1.54, 1.807) is 30.7 Å². The monoisotopic (exact) mass is 327 g/mol. The number of hydrogen-bond acceptors (Lipinski definition) is 5. The van der Waals surface area contributed by atoms with Crippen molar-refractivity contribution in [2.45, 2.75) is 20.3 Å². The Morgan fingerprint density at radius 2 is 1.96 bits per heavy atom. The van der Waals surface area contributed by atoms with E-state index in [2.05, 4.69) is 15.5 Å². The molecule has 2 aromatic rings. The second-order valence-corrected chi connectivity index (χ2v) is 4.92. The zero-order chi connectivity index (χ0) is 17.2. The second kappa shape index (κ2) is 9.29. The minimum absolute atomic E-state index is 0.290. The number of pyridine rings is 1. The summed E-state index contributed by atoms with van der Waals surface area (Å²) in [5.41, 5.74) is 3.78. The second-order valence-electron chi connectivity index (χ2n) is 4.92. The lowest BCUT2D eigenvalue weighted by molar-refractivity contribution is 0.0955. The van der Waals surface area contributed by atoms with E-state index < -0.39 is 0 Å². The van der Waals surface area contributed by atoms with Crippen molar-refractivity contribution < 1.29 is 14.3 Å². The molecule has 24 heavy (non-hydrogen) atoms.